The van der Waals surface area contributed by atoms with Crippen molar-refractivity contribution in [2.75, 3.05) is 13.4 Å². The van der Waals surface area contributed by atoms with Crippen LogP contribution in [0, 0.1) is 0 Å². The van der Waals surface area contributed by atoms with Crippen LogP contribution in [0.5, 0.6) is 0 Å². The number of hydrogen-bond acceptors (Lipinski definition) is 5. The Hall–Kier alpha value is -1.88. The molecule has 1 aromatic rings. The Labute approximate surface area is 112 Å². The molecule has 0 spiro atoms. The quantitative estimate of drug-likeness (QED) is 0.559. The first kappa shape index (κ1) is 15.2. The molecule has 5 heteroatoms. The molecular formula is C14H18O5. The first-order valence-electron chi connectivity index (χ1n) is 6.03. The van der Waals surface area contributed by atoms with Crippen LogP contribution in [0.2, 0.25) is 0 Å². The van der Waals surface area contributed by atoms with E-state index in [4.69, 9.17) is 14.2 Å². The molecule has 0 radical (unpaired) electrons. The Kier molecular flexibility index (Phi) is 6.60. The lowest BCUT2D eigenvalue weighted by Crippen LogP contribution is -2.13. The molecule has 0 bridgehead atoms. The standard InChI is InChI=1S/C14H18O5/c1-11(15)17-9-8-14(19-10-18-12(2)16)13-6-4-3-5-7-13/h3-7,14H,8-10H2,1-2H3. The molecule has 0 heterocycles. The van der Waals surface area contributed by atoms with Gasteiger partial charge in [0.1, 0.15) is 0 Å². The Morgan fingerprint density at radius 1 is 1.05 bits per heavy atom. The van der Waals surface area contributed by atoms with Crippen molar-refractivity contribution in [3.63, 3.8) is 0 Å². The molecule has 0 saturated heterocycles. The fourth-order valence-corrected chi connectivity index (χ4v) is 1.52. The highest BCUT2D eigenvalue weighted by Gasteiger charge is 2.13. The highest BCUT2D eigenvalue weighted by Crippen LogP contribution is 2.21. The zero-order chi connectivity index (χ0) is 14.1. The minimum absolute atomic E-state index is 0.116. The van der Waals surface area contributed by atoms with Crippen LogP contribution >= 0.6 is 0 Å². The van der Waals surface area contributed by atoms with Crippen molar-refractivity contribution in [2.45, 2.75) is 26.4 Å². The van der Waals surface area contributed by atoms with Gasteiger partial charge in [-0.15, -0.1) is 0 Å². The average Bonchev–Trinajstić information content (AvgIpc) is 2.37. The number of carbonyl (C=O) groups is 2. The van der Waals surface area contributed by atoms with Crippen molar-refractivity contribution in [1.82, 2.24) is 0 Å². The van der Waals surface area contributed by atoms with E-state index in [0.717, 1.165) is 5.56 Å². The SMILES string of the molecule is CC(=O)OCCC(OCOC(C)=O)c1ccccc1. The highest BCUT2D eigenvalue weighted by molar-refractivity contribution is 5.66. The predicted molar refractivity (Wildman–Crippen MR) is 68.2 cm³/mol. The van der Waals surface area contributed by atoms with E-state index in [2.05, 4.69) is 0 Å². The second-order valence-corrected chi connectivity index (χ2v) is 3.95. The maximum atomic E-state index is 10.7. The summed E-state index contributed by atoms with van der Waals surface area (Å²) in [5.74, 6) is -0.724. The maximum Gasteiger partial charge on any atom is 0.304 e. The molecule has 0 aliphatic carbocycles. The van der Waals surface area contributed by atoms with Gasteiger partial charge in [0.25, 0.3) is 0 Å². The number of carbonyl (C=O) groups excluding carboxylic acids is 2. The van der Waals surface area contributed by atoms with Crippen molar-refractivity contribution in [3.8, 4) is 0 Å². The molecule has 5 nitrogen and oxygen atoms in total. The van der Waals surface area contributed by atoms with Gasteiger partial charge in [-0.25, -0.2) is 0 Å². The molecule has 0 fully saturated rings. The van der Waals surface area contributed by atoms with Crippen molar-refractivity contribution >= 4 is 11.9 Å². The van der Waals surface area contributed by atoms with Crippen molar-refractivity contribution in [1.29, 1.82) is 0 Å². The molecule has 0 N–H and O–H groups in total. The van der Waals surface area contributed by atoms with Crippen molar-refractivity contribution in [3.05, 3.63) is 35.9 Å². The molecule has 19 heavy (non-hydrogen) atoms. The molecule has 104 valence electrons. The lowest BCUT2D eigenvalue weighted by molar-refractivity contribution is -0.159. The summed E-state index contributed by atoms with van der Waals surface area (Å²) in [5.41, 5.74) is 0.946. The number of ether oxygens (including phenoxy) is 3. The van der Waals surface area contributed by atoms with Gasteiger partial charge in [0.15, 0.2) is 6.79 Å². The summed E-state index contributed by atoms with van der Waals surface area (Å²) in [5, 5.41) is 0. The Balaban J connectivity index is 2.52. The predicted octanol–water partition coefficient (Wildman–Crippen LogP) is 2.22. The lowest BCUT2D eigenvalue weighted by atomic mass is 10.1. The summed E-state index contributed by atoms with van der Waals surface area (Å²) in [7, 11) is 0. The Morgan fingerprint density at radius 2 is 1.68 bits per heavy atom. The number of rotatable bonds is 7. The Morgan fingerprint density at radius 3 is 2.26 bits per heavy atom. The van der Waals surface area contributed by atoms with Crippen molar-refractivity contribution in [2.24, 2.45) is 0 Å². The first-order valence-corrected chi connectivity index (χ1v) is 6.03. The van der Waals surface area contributed by atoms with Gasteiger partial charge in [-0.2, -0.15) is 0 Å². The van der Waals surface area contributed by atoms with Crippen LogP contribution in [0.15, 0.2) is 30.3 Å². The van der Waals surface area contributed by atoms with Crippen LogP contribution in [-0.4, -0.2) is 25.3 Å². The number of hydrogen-bond donors (Lipinski definition) is 0. The van der Waals surface area contributed by atoms with Crippen LogP contribution in [0.3, 0.4) is 0 Å². The number of benzene rings is 1. The summed E-state index contributed by atoms with van der Waals surface area (Å²) in [6.07, 6.45) is 0.227. The third-order valence-corrected chi connectivity index (χ3v) is 2.39. The van der Waals surface area contributed by atoms with Crippen LogP contribution in [0.1, 0.15) is 31.9 Å². The normalized spacial score (nSPS) is 11.7. The van der Waals surface area contributed by atoms with E-state index in [1.165, 1.54) is 13.8 Å². The molecule has 0 aliphatic rings. The topological polar surface area (TPSA) is 61.8 Å². The van der Waals surface area contributed by atoms with Crippen molar-refractivity contribution < 1.29 is 23.8 Å². The van der Waals surface area contributed by atoms with E-state index in [1.807, 2.05) is 30.3 Å². The summed E-state index contributed by atoms with van der Waals surface area (Å²) in [6.45, 7) is 2.82. The minimum Gasteiger partial charge on any atom is -0.466 e. The molecular weight excluding hydrogens is 248 g/mol. The van der Waals surface area contributed by atoms with Gasteiger partial charge in [0.2, 0.25) is 0 Å². The number of esters is 2. The van der Waals surface area contributed by atoms with Gasteiger partial charge in [-0.3, -0.25) is 9.59 Å². The van der Waals surface area contributed by atoms with Gasteiger partial charge >= 0.3 is 11.9 Å². The van der Waals surface area contributed by atoms with Crippen LogP contribution < -0.4 is 0 Å². The second kappa shape index (κ2) is 8.26. The third kappa shape index (κ3) is 6.57. The monoisotopic (exact) mass is 266 g/mol. The smallest absolute Gasteiger partial charge is 0.304 e. The van der Waals surface area contributed by atoms with Crippen LogP contribution in [0.25, 0.3) is 0 Å². The first-order chi connectivity index (χ1) is 9.09. The van der Waals surface area contributed by atoms with Gasteiger partial charge in [0, 0.05) is 20.3 Å². The van der Waals surface area contributed by atoms with Gasteiger partial charge in [0.05, 0.1) is 12.7 Å². The summed E-state index contributed by atoms with van der Waals surface area (Å²) in [4.78, 5) is 21.4. The van der Waals surface area contributed by atoms with Gasteiger partial charge in [-0.05, 0) is 5.56 Å². The minimum atomic E-state index is -0.396. The zero-order valence-electron chi connectivity index (χ0n) is 11.1. The summed E-state index contributed by atoms with van der Waals surface area (Å²) < 4.78 is 15.1. The third-order valence-electron chi connectivity index (χ3n) is 2.39. The largest absolute Gasteiger partial charge is 0.466 e. The maximum absolute atomic E-state index is 10.7. The van der Waals surface area contributed by atoms with E-state index in [0.29, 0.717) is 6.42 Å². The summed E-state index contributed by atoms with van der Waals surface area (Å²) in [6, 6.07) is 9.50. The van der Waals surface area contributed by atoms with E-state index in [9.17, 15) is 9.59 Å². The van der Waals surface area contributed by atoms with E-state index < -0.39 is 5.97 Å². The summed E-state index contributed by atoms with van der Waals surface area (Å²) >= 11 is 0. The molecule has 0 aliphatic heterocycles. The molecule has 0 amide bonds. The van der Waals surface area contributed by atoms with E-state index >= 15 is 0 Å². The fraction of sp³-hybridized carbons (Fsp3) is 0.429. The lowest BCUT2D eigenvalue weighted by Gasteiger charge is -2.17. The van der Waals surface area contributed by atoms with E-state index in [-0.39, 0.29) is 25.5 Å². The molecule has 1 aromatic carbocycles. The van der Waals surface area contributed by atoms with Crippen LogP contribution in [0.4, 0.5) is 0 Å². The molecule has 1 atom stereocenters. The zero-order valence-corrected chi connectivity index (χ0v) is 11.1. The molecule has 0 aromatic heterocycles. The fourth-order valence-electron chi connectivity index (χ4n) is 1.52. The molecule has 1 unspecified atom stereocenters. The van der Waals surface area contributed by atoms with E-state index in [1.54, 1.807) is 0 Å². The second-order valence-electron chi connectivity index (χ2n) is 3.95. The van der Waals surface area contributed by atoms with Gasteiger partial charge < -0.3 is 14.2 Å². The molecule has 1 rings (SSSR count). The average molecular weight is 266 g/mol. The van der Waals surface area contributed by atoms with Gasteiger partial charge in [-0.1, -0.05) is 30.3 Å². The Bertz CT molecular complexity index is 382. The van der Waals surface area contributed by atoms with Crippen LogP contribution in [-0.2, 0) is 23.8 Å². The highest BCUT2D eigenvalue weighted by atomic mass is 16.7. The molecule has 0 saturated carbocycles.